The number of nitrogen functional groups attached to an aromatic ring is 1. The van der Waals surface area contributed by atoms with E-state index in [4.69, 9.17) is 17.3 Å². The zero-order valence-electron chi connectivity index (χ0n) is 10.5. The van der Waals surface area contributed by atoms with Gasteiger partial charge in [-0.1, -0.05) is 11.6 Å². The molecule has 0 aliphatic carbocycles. The quantitative estimate of drug-likeness (QED) is 0.778. The average Bonchev–Trinajstić information content (AvgIpc) is 2.77. The lowest BCUT2D eigenvalue weighted by molar-refractivity contribution is 0.581. The van der Waals surface area contributed by atoms with E-state index in [1.54, 1.807) is 13.0 Å². The SMILES string of the molecule is Cc1cc(Cl)c(N)cc1S(=O)(=O)NCc1sccc1Br. The van der Waals surface area contributed by atoms with Gasteiger partial charge in [-0.2, -0.15) is 0 Å². The monoisotopic (exact) mass is 394 g/mol. The minimum atomic E-state index is -3.63. The first kappa shape index (κ1) is 15.8. The molecule has 2 aromatic rings. The summed E-state index contributed by atoms with van der Waals surface area (Å²) in [5, 5.41) is 2.24. The van der Waals surface area contributed by atoms with Gasteiger partial charge in [0.05, 0.1) is 15.6 Å². The van der Waals surface area contributed by atoms with E-state index in [0.29, 0.717) is 10.6 Å². The summed E-state index contributed by atoms with van der Waals surface area (Å²) in [5.41, 5.74) is 6.47. The van der Waals surface area contributed by atoms with Crippen molar-refractivity contribution in [1.29, 1.82) is 0 Å². The van der Waals surface area contributed by atoms with Crippen molar-refractivity contribution in [1.82, 2.24) is 4.72 Å². The largest absolute Gasteiger partial charge is 0.397 e. The van der Waals surface area contributed by atoms with E-state index in [1.165, 1.54) is 17.4 Å². The highest BCUT2D eigenvalue weighted by atomic mass is 79.9. The van der Waals surface area contributed by atoms with Gasteiger partial charge in [0.25, 0.3) is 0 Å². The molecular formula is C12H12BrClN2O2S2. The number of nitrogens with one attached hydrogen (secondary N) is 1. The summed E-state index contributed by atoms with van der Waals surface area (Å²) in [5.74, 6) is 0. The standard InChI is InChI=1S/C12H12BrClN2O2S2/c1-7-4-9(14)10(15)5-12(7)20(17,18)16-6-11-8(13)2-3-19-11/h2-5,16H,6,15H2,1H3. The van der Waals surface area contributed by atoms with E-state index < -0.39 is 10.0 Å². The lowest BCUT2D eigenvalue weighted by atomic mass is 10.2. The maximum Gasteiger partial charge on any atom is 0.241 e. The number of sulfonamides is 1. The van der Waals surface area contributed by atoms with Crippen LogP contribution in [0.3, 0.4) is 0 Å². The average molecular weight is 396 g/mol. The zero-order valence-corrected chi connectivity index (χ0v) is 14.5. The van der Waals surface area contributed by atoms with Gasteiger partial charge in [-0.3, -0.25) is 0 Å². The fourth-order valence-corrected chi connectivity index (χ4v) is 4.64. The van der Waals surface area contributed by atoms with Crippen LogP contribution in [0, 0.1) is 6.92 Å². The first-order chi connectivity index (χ1) is 9.31. The first-order valence-electron chi connectivity index (χ1n) is 5.58. The molecule has 0 saturated carbocycles. The Labute approximate surface area is 135 Å². The number of thiophene rings is 1. The van der Waals surface area contributed by atoms with Crippen LogP contribution in [0.1, 0.15) is 10.4 Å². The van der Waals surface area contributed by atoms with Crippen LogP contribution in [-0.4, -0.2) is 8.42 Å². The molecule has 4 nitrogen and oxygen atoms in total. The summed E-state index contributed by atoms with van der Waals surface area (Å²) in [7, 11) is -3.63. The lowest BCUT2D eigenvalue weighted by Crippen LogP contribution is -2.24. The molecule has 3 N–H and O–H groups in total. The molecule has 0 saturated heterocycles. The molecule has 0 radical (unpaired) electrons. The Balaban J connectivity index is 2.27. The Morgan fingerprint density at radius 3 is 2.75 bits per heavy atom. The maximum absolute atomic E-state index is 12.3. The number of hydrogen-bond acceptors (Lipinski definition) is 4. The molecule has 1 aromatic heterocycles. The Bertz CT molecular complexity index is 744. The van der Waals surface area contributed by atoms with Gasteiger partial charge in [0, 0.05) is 15.9 Å². The molecule has 0 amide bonds. The highest BCUT2D eigenvalue weighted by Gasteiger charge is 2.18. The van der Waals surface area contributed by atoms with E-state index in [0.717, 1.165) is 9.35 Å². The van der Waals surface area contributed by atoms with Gasteiger partial charge in [0.2, 0.25) is 10.0 Å². The van der Waals surface area contributed by atoms with Crippen LogP contribution < -0.4 is 10.5 Å². The van der Waals surface area contributed by atoms with E-state index in [9.17, 15) is 8.42 Å². The van der Waals surface area contributed by atoms with E-state index >= 15 is 0 Å². The first-order valence-corrected chi connectivity index (χ1v) is 9.12. The van der Waals surface area contributed by atoms with Crippen LogP contribution in [-0.2, 0) is 16.6 Å². The van der Waals surface area contributed by atoms with Gasteiger partial charge in [0.1, 0.15) is 0 Å². The molecule has 0 atom stereocenters. The second kappa shape index (κ2) is 6.03. The molecule has 108 valence electrons. The van der Waals surface area contributed by atoms with Crippen molar-refractivity contribution in [3.8, 4) is 0 Å². The van der Waals surface area contributed by atoms with Crippen LogP contribution >= 0.6 is 38.9 Å². The van der Waals surface area contributed by atoms with Crippen molar-refractivity contribution in [2.45, 2.75) is 18.4 Å². The normalized spacial score (nSPS) is 11.8. The number of nitrogens with two attached hydrogens (primary N) is 1. The molecule has 0 spiro atoms. The fourth-order valence-electron chi connectivity index (χ4n) is 1.65. The molecule has 0 fully saturated rings. The molecule has 2 rings (SSSR count). The van der Waals surface area contributed by atoms with Crippen molar-refractivity contribution >= 4 is 54.6 Å². The van der Waals surface area contributed by atoms with E-state index in [-0.39, 0.29) is 17.1 Å². The second-order valence-electron chi connectivity index (χ2n) is 4.16. The third-order valence-electron chi connectivity index (χ3n) is 2.70. The van der Waals surface area contributed by atoms with Crippen molar-refractivity contribution in [2.75, 3.05) is 5.73 Å². The van der Waals surface area contributed by atoms with Crippen molar-refractivity contribution in [3.63, 3.8) is 0 Å². The second-order valence-corrected chi connectivity index (χ2v) is 8.15. The van der Waals surface area contributed by atoms with Crippen molar-refractivity contribution in [2.24, 2.45) is 0 Å². The summed E-state index contributed by atoms with van der Waals surface area (Å²) in [6.45, 7) is 1.91. The third kappa shape index (κ3) is 3.35. The predicted molar refractivity (Wildman–Crippen MR) is 86.6 cm³/mol. The number of hydrogen-bond donors (Lipinski definition) is 2. The molecule has 0 aliphatic rings. The summed E-state index contributed by atoms with van der Waals surface area (Å²) in [6, 6.07) is 4.80. The van der Waals surface area contributed by atoms with Gasteiger partial charge in [-0.25, -0.2) is 13.1 Å². The fraction of sp³-hybridized carbons (Fsp3) is 0.167. The van der Waals surface area contributed by atoms with Gasteiger partial charge in [0.15, 0.2) is 0 Å². The number of halogens is 2. The Kier molecular flexibility index (Phi) is 4.76. The number of aryl methyl sites for hydroxylation is 1. The summed E-state index contributed by atoms with van der Waals surface area (Å²) in [4.78, 5) is 1.06. The number of rotatable bonds is 4. The van der Waals surface area contributed by atoms with Crippen LogP contribution in [0.15, 0.2) is 32.9 Å². The van der Waals surface area contributed by atoms with Gasteiger partial charge < -0.3 is 5.73 Å². The zero-order chi connectivity index (χ0) is 14.9. The molecule has 1 aromatic carbocycles. The van der Waals surface area contributed by atoms with Gasteiger partial charge in [-0.15, -0.1) is 11.3 Å². The predicted octanol–water partition coefficient (Wildman–Crippen LogP) is 3.53. The Hall–Kier alpha value is -0.600. The molecular weight excluding hydrogens is 384 g/mol. The topological polar surface area (TPSA) is 72.2 Å². The van der Waals surface area contributed by atoms with Gasteiger partial charge >= 0.3 is 0 Å². The summed E-state index contributed by atoms with van der Waals surface area (Å²) in [6.07, 6.45) is 0. The molecule has 0 unspecified atom stereocenters. The minimum Gasteiger partial charge on any atom is -0.397 e. The van der Waals surface area contributed by atoms with Gasteiger partial charge in [-0.05, 0) is 52.0 Å². The maximum atomic E-state index is 12.3. The number of benzene rings is 1. The van der Waals surface area contributed by atoms with E-state index in [1.807, 2.05) is 11.4 Å². The van der Waals surface area contributed by atoms with Crippen LogP contribution in [0.4, 0.5) is 5.69 Å². The Morgan fingerprint density at radius 2 is 2.15 bits per heavy atom. The van der Waals surface area contributed by atoms with E-state index in [2.05, 4.69) is 20.7 Å². The van der Waals surface area contributed by atoms with Crippen molar-refractivity contribution in [3.05, 3.63) is 43.5 Å². The molecule has 20 heavy (non-hydrogen) atoms. The van der Waals surface area contributed by atoms with Crippen molar-refractivity contribution < 1.29 is 8.42 Å². The summed E-state index contributed by atoms with van der Waals surface area (Å²) < 4.78 is 28.1. The molecule has 8 heteroatoms. The van der Waals surface area contributed by atoms with Crippen LogP contribution in [0.25, 0.3) is 0 Å². The lowest BCUT2D eigenvalue weighted by Gasteiger charge is -2.10. The molecule has 0 aliphatic heterocycles. The highest BCUT2D eigenvalue weighted by molar-refractivity contribution is 9.10. The Morgan fingerprint density at radius 1 is 1.45 bits per heavy atom. The molecule has 1 heterocycles. The minimum absolute atomic E-state index is 0.145. The highest BCUT2D eigenvalue weighted by Crippen LogP contribution is 2.27. The smallest absolute Gasteiger partial charge is 0.241 e. The number of anilines is 1. The third-order valence-corrected chi connectivity index (χ3v) is 6.49. The van der Waals surface area contributed by atoms with Crippen LogP contribution in [0.5, 0.6) is 0 Å². The molecule has 0 bridgehead atoms. The summed E-state index contributed by atoms with van der Waals surface area (Å²) >= 11 is 10.7. The van der Waals surface area contributed by atoms with Crippen LogP contribution in [0.2, 0.25) is 5.02 Å².